The summed E-state index contributed by atoms with van der Waals surface area (Å²) in [5.74, 6) is 1.39. The van der Waals surface area contributed by atoms with E-state index < -0.39 is 10.0 Å². The Morgan fingerprint density at radius 1 is 0.788 bits per heavy atom. The highest BCUT2D eigenvalue weighted by atomic mass is 32.2. The highest BCUT2D eigenvalue weighted by Gasteiger charge is 2.18. The molecular weight excluding hydrogens is 446 g/mol. The second kappa shape index (κ2) is 10.2. The molecule has 0 spiro atoms. The first-order valence-electron chi connectivity index (χ1n) is 9.80. The van der Waals surface area contributed by atoms with E-state index in [1.165, 1.54) is 52.7 Å². The summed E-state index contributed by atoms with van der Waals surface area (Å²) in [4.78, 5) is 0.108. The van der Waals surface area contributed by atoms with Crippen LogP contribution < -0.4 is 23.7 Å². The van der Waals surface area contributed by atoms with E-state index in [9.17, 15) is 13.5 Å². The number of hydrogen-bond acceptors (Lipinski definition) is 7. The third kappa shape index (κ3) is 5.32. The summed E-state index contributed by atoms with van der Waals surface area (Å²) in [6.07, 6.45) is 3.38. The summed E-state index contributed by atoms with van der Waals surface area (Å²) >= 11 is 0. The molecule has 3 aromatic rings. The Kier molecular flexibility index (Phi) is 7.34. The van der Waals surface area contributed by atoms with Crippen molar-refractivity contribution in [1.29, 1.82) is 0 Å². The number of nitrogens with one attached hydrogen (secondary N) is 1. The molecule has 0 aliphatic heterocycles. The predicted molar refractivity (Wildman–Crippen MR) is 127 cm³/mol. The lowest BCUT2D eigenvalue weighted by Gasteiger charge is -2.14. The van der Waals surface area contributed by atoms with Gasteiger partial charge in [-0.3, -0.25) is 4.72 Å². The molecule has 0 amide bonds. The molecule has 0 bridgehead atoms. The van der Waals surface area contributed by atoms with Crippen LogP contribution in [0.4, 0.5) is 5.69 Å². The van der Waals surface area contributed by atoms with Crippen LogP contribution in [0.15, 0.2) is 59.5 Å². The molecule has 3 rings (SSSR count). The highest BCUT2D eigenvalue weighted by molar-refractivity contribution is 7.92. The van der Waals surface area contributed by atoms with Gasteiger partial charge in [0.25, 0.3) is 10.0 Å². The molecule has 0 unspecified atom stereocenters. The maximum absolute atomic E-state index is 12.9. The minimum atomic E-state index is -3.86. The molecule has 174 valence electrons. The zero-order valence-electron chi connectivity index (χ0n) is 18.7. The van der Waals surface area contributed by atoms with Gasteiger partial charge in [0.05, 0.1) is 39.0 Å². The molecular formula is C24H25NO7S. The lowest BCUT2D eigenvalue weighted by molar-refractivity contribution is 0.324. The number of methoxy groups -OCH3 is 4. The summed E-state index contributed by atoms with van der Waals surface area (Å²) in [6, 6.07) is 14.3. The van der Waals surface area contributed by atoms with Crippen molar-refractivity contribution in [3.05, 3.63) is 65.7 Å². The molecule has 0 fully saturated rings. The Balaban J connectivity index is 2.05. The largest absolute Gasteiger partial charge is 0.504 e. The van der Waals surface area contributed by atoms with E-state index in [1.54, 1.807) is 42.5 Å². The maximum Gasteiger partial charge on any atom is 0.261 e. The van der Waals surface area contributed by atoms with Crippen LogP contribution in [0.1, 0.15) is 11.1 Å². The molecule has 8 nitrogen and oxygen atoms in total. The molecule has 0 heterocycles. The van der Waals surface area contributed by atoms with E-state index in [-0.39, 0.29) is 22.1 Å². The second-order valence-electron chi connectivity index (χ2n) is 6.82. The molecule has 3 aromatic carbocycles. The molecule has 0 aliphatic rings. The summed E-state index contributed by atoms with van der Waals surface area (Å²) in [5.41, 5.74) is 1.36. The number of benzene rings is 3. The van der Waals surface area contributed by atoms with Gasteiger partial charge in [-0.25, -0.2) is 8.42 Å². The van der Waals surface area contributed by atoms with Crippen LogP contribution in [0, 0.1) is 0 Å². The monoisotopic (exact) mass is 471 g/mol. The zero-order chi connectivity index (χ0) is 24.0. The van der Waals surface area contributed by atoms with Crippen molar-refractivity contribution in [3.8, 4) is 28.7 Å². The van der Waals surface area contributed by atoms with Crippen molar-refractivity contribution in [2.75, 3.05) is 33.2 Å². The van der Waals surface area contributed by atoms with Gasteiger partial charge in [0.2, 0.25) is 5.75 Å². The first kappa shape index (κ1) is 23.8. The average Bonchev–Trinajstić information content (AvgIpc) is 2.83. The van der Waals surface area contributed by atoms with Crippen molar-refractivity contribution in [3.63, 3.8) is 0 Å². The third-order valence-corrected chi connectivity index (χ3v) is 6.17. The molecule has 0 atom stereocenters. The molecule has 0 radical (unpaired) electrons. The van der Waals surface area contributed by atoms with Gasteiger partial charge in [-0.2, -0.15) is 0 Å². The van der Waals surface area contributed by atoms with Crippen molar-refractivity contribution in [2.24, 2.45) is 0 Å². The topological polar surface area (TPSA) is 103 Å². The number of hydrogen-bond donors (Lipinski definition) is 2. The minimum absolute atomic E-state index is 0.108. The molecule has 33 heavy (non-hydrogen) atoms. The maximum atomic E-state index is 12.9. The van der Waals surface area contributed by atoms with Crippen LogP contribution >= 0.6 is 0 Å². The van der Waals surface area contributed by atoms with Gasteiger partial charge in [-0.15, -0.1) is 0 Å². The van der Waals surface area contributed by atoms with E-state index in [4.69, 9.17) is 18.9 Å². The molecule has 0 saturated carbocycles. The fourth-order valence-corrected chi connectivity index (χ4v) is 4.26. The lowest BCUT2D eigenvalue weighted by Crippen LogP contribution is -2.13. The normalized spacial score (nSPS) is 11.3. The van der Waals surface area contributed by atoms with Crippen molar-refractivity contribution < 1.29 is 32.5 Å². The number of ether oxygens (including phenoxy) is 4. The number of phenolic OH excluding ortho intramolecular Hbond substituents is 1. The summed E-state index contributed by atoms with van der Waals surface area (Å²) in [6.45, 7) is 0. The highest BCUT2D eigenvalue weighted by Crippen LogP contribution is 2.39. The van der Waals surface area contributed by atoms with Gasteiger partial charge in [-0.05, 0) is 35.9 Å². The van der Waals surface area contributed by atoms with Crippen LogP contribution in [0.5, 0.6) is 28.7 Å². The third-order valence-electron chi connectivity index (χ3n) is 4.79. The zero-order valence-corrected chi connectivity index (χ0v) is 19.5. The van der Waals surface area contributed by atoms with E-state index in [1.807, 2.05) is 0 Å². The number of phenols is 1. The summed E-state index contributed by atoms with van der Waals surface area (Å²) in [7, 11) is 2.07. The van der Waals surface area contributed by atoms with Crippen LogP contribution in [0.25, 0.3) is 12.2 Å². The summed E-state index contributed by atoms with van der Waals surface area (Å²) in [5, 5.41) is 10.3. The second-order valence-corrected chi connectivity index (χ2v) is 8.50. The quantitative estimate of drug-likeness (QED) is 0.352. The Bertz CT molecular complexity index is 1230. The van der Waals surface area contributed by atoms with Gasteiger partial charge in [-0.1, -0.05) is 30.4 Å². The van der Waals surface area contributed by atoms with Gasteiger partial charge in [0.15, 0.2) is 23.0 Å². The Morgan fingerprint density at radius 3 is 1.94 bits per heavy atom. The van der Waals surface area contributed by atoms with E-state index in [0.29, 0.717) is 28.4 Å². The molecule has 0 aliphatic carbocycles. The van der Waals surface area contributed by atoms with Gasteiger partial charge in [0, 0.05) is 11.6 Å². The Labute approximate surface area is 193 Å². The van der Waals surface area contributed by atoms with E-state index in [2.05, 4.69) is 4.72 Å². The first-order valence-corrected chi connectivity index (χ1v) is 11.3. The van der Waals surface area contributed by atoms with Gasteiger partial charge < -0.3 is 24.1 Å². The van der Waals surface area contributed by atoms with E-state index in [0.717, 1.165) is 0 Å². The molecule has 9 heteroatoms. The van der Waals surface area contributed by atoms with Gasteiger partial charge >= 0.3 is 0 Å². The van der Waals surface area contributed by atoms with Crippen LogP contribution in [0.2, 0.25) is 0 Å². The fourth-order valence-electron chi connectivity index (χ4n) is 3.16. The molecule has 0 aromatic heterocycles. The minimum Gasteiger partial charge on any atom is -0.504 e. The van der Waals surface area contributed by atoms with Crippen molar-refractivity contribution in [2.45, 2.75) is 4.90 Å². The predicted octanol–water partition coefficient (Wildman–Crippen LogP) is 4.40. The fraction of sp³-hybridized carbons (Fsp3) is 0.167. The number of rotatable bonds is 9. The van der Waals surface area contributed by atoms with E-state index >= 15 is 0 Å². The number of sulfonamides is 1. The van der Waals surface area contributed by atoms with Crippen molar-refractivity contribution in [1.82, 2.24) is 0 Å². The van der Waals surface area contributed by atoms with Crippen LogP contribution in [-0.2, 0) is 10.0 Å². The smallest absolute Gasteiger partial charge is 0.261 e. The standard InChI is InChI=1S/C24H25NO7S/c1-29-21-15-19(25-33(27,28)18-8-6-5-7-9-18)17(14-20(21)26)11-10-16-12-22(30-2)24(32-4)23(13-16)31-3/h5-15,25-26H,1-4H3/b11-10-. The lowest BCUT2D eigenvalue weighted by atomic mass is 10.1. The Morgan fingerprint density at radius 2 is 1.39 bits per heavy atom. The SMILES string of the molecule is COc1cc(NS(=O)(=O)c2ccccc2)c(/C=C\c2cc(OC)c(OC)c(OC)c2)cc1O. The number of anilines is 1. The van der Waals surface area contributed by atoms with Crippen LogP contribution in [0.3, 0.4) is 0 Å². The first-order chi connectivity index (χ1) is 15.8. The van der Waals surface area contributed by atoms with Crippen molar-refractivity contribution >= 4 is 27.9 Å². The molecule has 2 N–H and O–H groups in total. The molecule has 0 saturated heterocycles. The number of aromatic hydroxyl groups is 1. The summed E-state index contributed by atoms with van der Waals surface area (Å²) < 4.78 is 49.5. The Hall–Kier alpha value is -3.85. The van der Waals surface area contributed by atoms with Gasteiger partial charge in [0.1, 0.15) is 0 Å². The van der Waals surface area contributed by atoms with Crippen LogP contribution in [-0.4, -0.2) is 42.0 Å². The average molecular weight is 472 g/mol.